The summed E-state index contributed by atoms with van der Waals surface area (Å²) in [6.07, 6.45) is 1.88. The topological polar surface area (TPSA) is 67.2 Å². The molecule has 2 aromatic heterocycles. The Balaban J connectivity index is 2.24. The lowest BCUT2D eigenvalue weighted by molar-refractivity contribution is 0.0936. The van der Waals surface area contributed by atoms with Crippen LogP contribution in [-0.2, 0) is 7.05 Å². The number of carbonyl (C=O) groups is 1. The molecule has 5 nitrogen and oxygen atoms in total. The van der Waals surface area contributed by atoms with E-state index in [1.807, 2.05) is 25.5 Å². The number of nitrogens with one attached hydrogen (secondary N) is 1. The molecule has 0 spiro atoms. The summed E-state index contributed by atoms with van der Waals surface area (Å²) in [4.78, 5) is 16.2. The third-order valence-corrected chi connectivity index (χ3v) is 3.32. The molecular weight excluding hydrogens is 250 g/mol. The van der Waals surface area contributed by atoms with Gasteiger partial charge in [0.1, 0.15) is 5.69 Å². The van der Waals surface area contributed by atoms with E-state index >= 15 is 0 Å². The van der Waals surface area contributed by atoms with E-state index in [0.717, 1.165) is 16.3 Å². The molecule has 0 aliphatic heterocycles. The highest BCUT2D eigenvalue weighted by molar-refractivity contribution is 7.09. The summed E-state index contributed by atoms with van der Waals surface area (Å²) >= 11 is 1.58. The van der Waals surface area contributed by atoms with Crippen LogP contribution in [0.4, 0.5) is 0 Å². The Morgan fingerprint density at radius 3 is 3.00 bits per heavy atom. The minimum Gasteiger partial charge on any atom is -0.395 e. The van der Waals surface area contributed by atoms with E-state index in [4.69, 9.17) is 5.11 Å². The molecule has 96 valence electrons. The molecule has 1 amide bonds. The smallest absolute Gasteiger partial charge is 0.267 e. The van der Waals surface area contributed by atoms with Gasteiger partial charge in [0.15, 0.2) is 0 Å². The summed E-state index contributed by atoms with van der Waals surface area (Å²) in [5, 5.41) is 14.3. The molecule has 2 rings (SSSR count). The summed E-state index contributed by atoms with van der Waals surface area (Å²) in [6, 6.07) is 1.81. The van der Waals surface area contributed by atoms with Crippen LogP contribution in [0.1, 0.15) is 15.5 Å². The van der Waals surface area contributed by atoms with Crippen molar-refractivity contribution in [1.82, 2.24) is 14.9 Å². The molecule has 0 saturated carbocycles. The van der Waals surface area contributed by atoms with E-state index in [-0.39, 0.29) is 19.1 Å². The monoisotopic (exact) mass is 265 g/mol. The van der Waals surface area contributed by atoms with E-state index in [1.165, 1.54) is 0 Å². The molecule has 0 aliphatic carbocycles. The number of rotatable bonds is 4. The number of amides is 1. The van der Waals surface area contributed by atoms with Gasteiger partial charge < -0.3 is 15.0 Å². The van der Waals surface area contributed by atoms with Crippen molar-refractivity contribution in [3.8, 4) is 11.3 Å². The molecule has 0 radical (unpaired) electrons. The van der Waals surface area contributed by atoms with Crippen molar-refractivity contribution in [2.24, 2.45) is 7.05 Å². The van der Waals surface area contributed by atoms with Crippen molar-refractivity contribution >= 4 is 17.2 Å². The first kappa shape index (κ1) is 12.8. The maximum Gasteiger partial charge on any atom is 0.267 e. The minimum absolute atomic E-state index is 0.0612. The minimum atomic E-state index is -0.190. The Kier molecular flexibility index (Phi) is 3.78. The molecule has 0 unspecified atom stereocenters. The fourth-order valence-electron chi connectivity index (χ4n) is 1.69. The molecule has 0 aromatic carbocycles. The predicted molar refractivity (Wildman–Crippen MR) is 70.7 cm³/mol. The summed E-state index contributed by atoms with van der Waals surface area (Å²) in [7, 11) is 1.82. The van der Waals surface area contributed by atoms with Crippen molar-refractivity contribution < 1.29 is 9.90 Å². The maximum absolute atomic E-state index is 11.8. The van der Waals surface area contributed by atoms with Crippen molar-refractivity contribution in [2.75, 3.05) is 13.2 Å². The highest BCUT2D eigenvalue weighted by Gasteiger charge is 2.13. The molecule has 6 heteroatoms. The predicted octanol–water partition coefficient (Wildman–Crippen LogP) is 1.18. The van der Waals surface area contributed by atoms with E-state index in [9.17, 15) is 4.79 Å². The number of hydrogen-bond donors (Lipinski definition) is 2. The summed E-state index contributed by atoms with van der Waals surface area (Å²) in [6.45, 7) is 2.15. The summed E-state index contributed by atoms with van der Waals surface area (Å²) in [5.74, 6) is -0.190. The van der Waals surface area contributed by atoms with Crippen molar-refractivity contribution in [2.45, 2.75) is 6.92 Å². The average Bonchev–Trinajstić information content (AvgIpc) is 2.92. The molecule has 0 aliphatic rings. The Bertz CT molecular complexity index is 559. The van der Waals surface area contributed by atoms with Crippen LogP contribution in [-0.4, -0.2) is 33.7 Å². The van der Waals surface area contributed by atoms with Gasteiger partial charge in [0.05, 0.1) is 17.3 Å². The number of nitrogens with zero attached hydrogens (tertiary/aromatic N) is 2. The first-order valence-corrected chi connectivity index (χ1v) is 6.47. The van der Waals surface area contributed by atoms with Gasteiger partial charge >= 0.3 is 0 Å². The number of aromatic nitrogens is 2. The first-order valence-electron chi connectivity index (χ1n) is 5.59. The Hall–Kier alpha value is -1.66. The molecule has 2 N–H and O–H groups in total. The first-order chi connectivity index (χ1) is 8.61. The number of aliphatic hydroxyl groups excluding tert-OH is 1. The van der Waals surface area contributed by atoms with Crippen molar-refractivity contribution in [3.63, 3.8) is 0 Å². The van der Waals surface area contributed by atoms with Crippen LogP contribution in [0.2, 0.25) is 0 Å². The molecule has 18 heavy (non-hydrogen) atoms. The average molecular weight is 265 g/mol. The normalized spacial score (nSPS) is 10.6. The SMILES string of the molecule is Cc1nc(-c2cc(C(=O)NCCO)n(C)c2)cs1. The number of aliphatic hydroxyl groups is 1. The second-order valence-corrected chi connectivity index (χ2v) is 5.02. The van der Waals surface area contributed by atoms with Crippen LogP contribution < -0.4 is 5.32 Å². The molecule has 2 aromatic rings. The van der Waals surface area contributed by atoms with Gasteiger partial charge in [-0.3, -0.25) is 4.79 Å². The number of hydrogen-bond acceptors (Lipinski definition) is 4. The lowest BCUT2D eigenvalue weighted by Gasteiger charge is -2.03. The second-order valence-electron chi connectivity index (χ2n) is 3.96. The third kappa shape index (κ3) is 2.60. The van der Waals surface area contributed by atoms with Gasteiger partial charge in [-0.25, -0.2) is 4.98 Å². The van der Waals surface area contributed by atoms with Gasteiger partial charge in [0, 0.05) is 30.7 Å². The molecular formula is C12H15N3O2S. The fraction of sp³-hybridized carbons (Fsp3) is 0.333. The molecule has 0 atom stereocenters. The van der Waals surface area contributed by atoms with E-state index in [0.29, 0.717) is 5.69 Å². The zero-order chi connectivity index (χ0) is 13.1. The zero-order valence-electron chi connectivity index (χ0n) is 10.3. The van der Waals surface area contributed by atoms with Crippen LogP contribution in [0.5, 0.6) is 0 Å². The highest BCUT2D eigenvalue weighted by atomic mass is 32.1. The third-order valence-electron chi connectivity index (χ3n) is 2.55. The summed E-state index contributed by atoms with van der Waals surface area (Å²) in [5.41, 5.74) is 2.37. The van der Waals surface area contributed by atoms with Crippen LogP contribution in [0.25, 0.3) is 11.3 Å². The van der Waals surface area contributed by atoms with Crippen molar-refractivity contribution in [1.29, 1.82) is 0 Å². The van der Waals surface area contributed by atoms with E-state index in [1.54, 1.807) is 22.0 Å². The number of thiazole rings is 1. The van der Waals surface area contributed by atoms with Crippen LogP contribution in [0, 0.1) is 6.92 Å². The highest BCUT2D eigenvalue weighted by Crippen LogP contribution is 2.23. The Morgan fingerprint density at radius 2 is 2.39 bits per heavy atom. The van der Waals surface area contributed by atoms with Crippen LogP contribution >= 0.6 is 11.3 Å². The van der Waals surface area contributed by atoms with Gasteiger partial charge in [-0.2, -0.15) is 0 Å². The lowest BCUT2D eigenvalue weighted by Crippen LogP contribution is -2.27. The lowest BCUT2D eigenvalue weighted by atomic mass is 10.2. The standard InChI is InChI=1S/C12H15N3O2S/c1-8-14-10(7-18-8)9-5-11(15(2)6-9)12(17)13-3-4-16/h5-7,16H,3-4H2,1-2H3,(H,13,17). The van der Waals surface area contributed by atoms with Gasteiger partial charge in [-0.15, -0.1) is 11.3 Å². The largest absolute Gasteiger partial charge is 0.395 e. The quantitative estimate of drug-likeness (QED) is 0.872. The Morgan fingerprint density at radius 1 is 1.61 bits per heavy atom. The Labute approximate surface area is 109 Å². The van der Waals surface area contributed by atoms with Crippen LogP contribution in [0.15, 0.2) is 17.6 Å². The van der Waals surface area contributed by atoms with Gasteiger partial charge in [-0.05, 0) is 13.0 Å². The van der Waals surface area contributed by atoms with Gasteiger partial charge in [0.2, 0.25) is 0 Å². The zero-order valence-corrected chi connectivity index (χ0v) is 11.1. The molecule has 0 saturated heterocycles. The van der Waals surface area contributed by atoms with E-state index < -0.39 is 0 Å². The second kappa shape index (κ2) is 5.32. The number of aryl methyl sites for hydroxylation is 2. The maximum atomic E-state index is 11.8. The van der Waals surface area contributed by atoms with Crippen molar-refractivity contribution in [3.05, 3.63) is 28.3 Å². The van der Waals surface area contributed by atoms with E-state index in [2.05, 4.69) is 10.3 Å². The van der Waals surface area contributed by atoms with Crippen LogP contribution in [0.3, 0.4) is 0 Å². The van der Waals surface area contributed by atoms with Gasteiger partial charge in [0.25, 0.3) is 5.91 Å². The summed E-state index contributed by atoms with van der Waals surface area (Å²) < 4.78 is 1.76. The molecule has 0 fully saturated rings. The molecule has 2 heterocycles. The molecule has 0 bridgehead atoms. The van der Waals surface area contributed by atoms with Gasteiger partial charge in [-0.1, -0.05) is 0 Å². The number of carbonyl (C=O) groups excluding carboxylic acids is 1. The fourth-order valence-corrected chi connectivity index (χ4v) is 2.31.